The highest BCUT2D eigenvalue weighted by Crippen LogP contribution is 2.27. The maximum atomic E-state index is 12.2. The molecule has 186 valence electrons. The third-order valence-electron chi connectivity index (χ3n) is 6.03. The van der Waals surface area contributed by atoms with Gasteiger partial charge in [-0.3, -0.25) is 4.90 Å². The number of rotatable bonds is 8. The van der Waals surface area contributed by atoms with Crippen molar-refractivity contribution in [3.63, 3.8) is 0 Å². The minimum Gasteiger partial charge on any atom is -0.379 e. The highest BCUT2D eigenvalue weighted by Gasteiger charge is 2.11. The van der Waals surface area contributed by atoms with Crippen molar-refractivity contribution in [1.82, 2.24) is 9.88 Å². The van der Waals surface area contributed by atoms with Crippen LogP contribution in [0.15, 0.2) is 66.7 Å². The van der Waals surface area contributed by atoms with Crippen LogP contribution in [-0.4, -0.2) is 48.8 Å². The number of morpholine rings is 1. The van der Waals surface area contributed by atoms with Crippen LogP contribution in [-0.2, 0) is 17.7 Å². The SMILES string of the molecule is O=C(Nc1ccc(Cl)cc1)Nc1ccc(CNc2nc3ccc(CCN4CCOCC4)cc3s2)cc1. The highest BCUT2D eigenvalue weighted by molar-refractivity contribution is 7.22. The number of halogens is 1. The second-order valence-corrected chi connectivity index (χ2v) is 10.1. The van der Waals surface area contributed by atoms with Crippen LogP contribution in [0.5, 0.6) is 0 Å². The van der Waals surface area contributed by atoms with Crippen molar-refractivity contribution in [3.8, 4) is 0 Å². The first-order valence-electron chi connectivity index (χ1n) is 12.0. The van der Waals surface area contributed by atoms with Gasteiger partial charge in [0.1, 0.15) is 0 Å². The highest BCUT2D eigenvalue weighted by atomic mass is 35.5. The summed E-state index contributed by atoms with van der Waals surface area (Å²) in [6.07, 6.45) is 1.04. The molecular weight excluding hydrogens is 494 g/mol. The van der Waals surface area contributed by atoms with Crippen LogP contribution in [0, 0.1) is 0 Å². The van der Waals surface area contributed by atoms with E-state index in [1.807, 2.05) is 24.3 Å². The van der Waals surface area contributed by atoms with Gasteiger partial charge >= 0.3 is 6.03 Å². The molecule has 1 aliphatic rings. The second-order valence-electron chi connectivity index (χ2n) is 8.66. The predicted octanol–water partition coefficient (Wildman–Crippen LogP) is 6.08. The van der Waals surface area contributed by atoms with Crippen LogP contribution in [0.2, 0.25) is 5.02 Å². The fourth-order valence-corrected chi connectivity index (χ4v) is 5.07. The largest absolute Gasteiger partial charge is 0.379 e. The maximum Gasteiger partial charge on any atom is 0.323 e. The van der Waals surface area contributed by atoms with E-state index in [-0.39, 0.29) is 6.03 Å². The van der Waals surface area contributed by atoms with Gasteiger partial charge in [0, 0.05) is 42.6 Å². The average molecular weight is 522 g/mol. The summed E-state index contributed by atoms with van der Waals surface area (Å²) in [4.78, 5) is 19.4. The molecule has 0 unspecified atom stereocenters. The van der Waals surface area contributed by atoms with Gasteiger partial charge < -0.3 is 20.7 Å². The van der Waals surface area contributed by atoms with E-state index in [0.29, 0.717) is 17.3 Å². The standard InChI is InChI=1S/C27H28ClN5O2S/c28-21-4-8-23(9-5-21)31-26(34)30-22-6-1-20(2-7-22)18-29-27-32-24-10-3-19(17-25(24)36-27)11-12-33-13-15-35-16-14-33/h1-10,17H,11-16,18H2,(H,29,32)(H2,30,31,34). The molecule has 3 aromatic carbocycles. The summed E-state index contributed by atoms with van der Waals surface area (Å²) in [5, 5.41) is 10.6. The molecule has 5 rings (SSSR count). The summed E-state index contributed by atoms with van der Waals surface area (Å²) in [6, 6.07) is 21.0. The second kappa shape index (κ2) is 11.7. The van der Waals surface area contributed by atoms with Crippen LogP contribution >= 0.6 is 22.9 Å². The van der Waals surface area contributed by atoms with Crippen molar-refractivity contribution in [2.75, 3.05) is 48.8 Å². The lowest BCUT2D eigenvalue weighted by molar-refractivity contribution is 0.0384. The molecule has 3 N–H and O–H groups in total. The van der Waals surface area contributed by atoms with Gasteiger partial charge in [-0.15, -0.1) is 0 Å². The average Bonchev–Trinajstić information content (AvgIpc) is 3.31. The summed E-state index contributed by atoms with van der Waals surface area (Å²) in [5.74, 6) is 0. The van der Waals surface area contributed by atoms with Crippen LogP contribution in [0.4, 0.5) is 21.3 Å². The van der Waals surface area contributed by atoms with E-state index < -0.39 is 0 Å². The van der Waals surface area contributed by atoms with Crippen LogP contribution < -0.4 is 16.0 Å². The van der Waals surface area contributed by atoms with Gasteiger partial charge in [0.05, 0.1) is 23.4 Å². The zero-order valence-corrected chi connectivity index (χ0v) is 21.4. The Morgan fingerprint density at radius 1 is 0.944 bits per heavy atom. The van der Waals surface area contributed by atoms with E-state index in [0.717, 1.165) is 61.2 Å². The smallest absolute Gasteiger partial charge is 0.323 e. The van der Waals surface area contributed by atoms with E-state index in [4.69, 9.17) is 21.3 Å². The number of thiazole rings is 1. The molecule has 2 heterocycles. The zero-order valence-electron chi connectivity index (χ0n) is 19.8. The molecule has 1 aromatic heterocycles. The Kier molecular flexibility index (Phi) is 7.98. The Labute approximate surface area is 219 Å². The third kappa shape index (κ3) is 6.73. The van der Waals surface area contributed by atoms with Crippen LogP contribution in [0.1, 0.15) is 11.1 Å². The number of nitrogens with one attached hydrogen (secondary N) is 3. The number of urea groups is 1. The van der Waals surface area contributed by atoms with Gasteiger partial charge in [-0.05, 0) is 66.1 Å². The fourth-order valence-electron chi connectivity index (χ4n) is 4.02. The summed E-state index contributed by atoms with van der Waals surface area (Å²) in [6.45, 7) is 5.42. The number of carbonyl (C=O) groups excluding carboxylic acids is 1. The minimum absolute atomic E-state index is 0.304. The van der Waals surface area contributed by atoms with E-state index in [1.165, 1.54) is 10.3 Å². The van der Waals surface area contributed by atoms with Gasteiger partial charge in [0.2, 0.25) is 0 Å². The number of amides is 2. The molecule has 36 heavy (non-hydrogen) atoms. The Morgan fingerprint density at radius 3 is 2.33 bits per heavy atom. The lowest BCUT2D eigenvalue weighted by Gasteiger charge is -2.26. The Hall–Kier alpha value is -3.17. The number of benzene rings is 3. The van der Waals surface area contributed by atoms with Crippen molar-refractivity contribution in [3.05, 3.63) is 82.9 Å². The number of hydrogen-bond acceptors (Lipinski definition) is 6. The van der Waals surface area contributed by atoms with Crippen molar-refractivity contribution in [1.29, 1.82) is 0 Å². The van der Waals surface area contributed by atoms with E-state index in [2.05, 4.69) is 39.0 Å². The molecule has 0 bridgehead atoms. The first-order valence-corrected chi connectivity index (χ1v) is 13.2. The molecule has 9 heteroatoms. The molecule has 0 radical (unpaired) electrons. The number of carbonyl (C=O) groups is 1. The third-order valence-corrected chi connectivity index (χ3v) is 7.26. The molecule has 0 aliphatic carbocycles. The molecule has 7 nitrogen and oxygen atoms in total. The normalized spacial score (nSPS) is 14.0. The lowest BCUT2D eigenvalue weighted by atomic mass is 10.1. The van der Waals surface area contributed by atoms with Crippen molar-refractivity contribution < 1.29 is 9.53 Å². The van der Waals surface area contributed by atoms with Crippen LogP contribution in [0.25, 0.3) is 10.2 Å². The topological polar surface area (TPSA) is 78.5 Å². The molecule has 0 spiro atoms. The van der Waals surface area contributed by atoms with Gasteiger partial charge in [0.15, 0.2) is 5.13 Å². The first-order chi connectivity index (χ1) is 17.6. The number of hydrogen-bond donors (Lipinski definition) is 3. The maximum absolute atomic E-state index is 12.2. The van der Waals surface area contributed by atoms with Crippen molar-refractivity contribution in [2.24, 2.45) is 0 Å². The Morgan fingerprint density at radius 2 is 1.61 bits per heavy atom. The fraction of sp³-hybridized carbons (Fsp3) is 0.259. The zero-order chi connectivity index (χ0) is 24.7. The monoisotopic (exact) mass is 521 g/mol. The summed E-state index contributed by atoms with van der Waals surface area (Å²) in [7, 11) is 0. The summed E-state index contributed by atoms with van der Waals surface area (Å²) >= 11 is 7.56. The number of ether oxygens (including phenoxy) is 1. The number of nitrogens with zero attached hydrogens (tertiary/aromatic N) is 2. The van der Waals surface area contributed by atoms with Crippen molar-refractivity contribution in [2.45, 2.75) is 13.0 Å². The summed E-state index contributed by atoms with van der Waals surface area (Å²) < 4.78 is 6.63. The molecule has 1 aliphatic heterocycles. The molecule has 4 aromatic rings. The number of anilines is 3. The Bertz CT molecular complexity index is 1300. The molecule has 0 atom stereocenters. The first kappa shape index (κ1) is 24.5. The van der Waals surface area contributed by atoms with E-state index >= 15 is 0 Å². The van der Waals surface area contributed by atoms with E-state index in [1.54, 1.807) is 35.6 Å². The lowest BCUT2D eigenvalue weighted by Crippen LogP contribution is -2.37. The van der Waals surface area contributed by atoms with Gasteiger partial charge in [-0.25, -0.2) is 9.78 Å². The van der Waals surface area contributed by atoms with Gasteiger partial charge in [-0.1, -0.05) is 41.1 Å². The van der Waals surface area contributed by atoms with Gasteiger partial charge in [0.25, 0.3) is 0 Å². The van der Waals surface area contributed by atoms with Crippen LogP contribution in [0.3, 0.4) is 0 Å². The molecule has 2 amide bonds. The molecule has 1 saturated heterocycles. The van der Waals surface area contributed by atoms with Crippen molar-refractivity contribution >= 4 is 55.7 Å². The predicted molar refractivity (Wildman–Crippen MR) is 148 cm³/mol. The Balaban J connectivity index is 1.11. The van der Waals surface area contributed by atoms with E-state index in [9.17, 15) is 4.79 Å². The number of fused-ring (bicyclic) bond motifs is 1. The van der Waals surface area contributed by atoms with Gasteiger partial charge in [-0.2, -0.15) is 0 Å². The number of aromatic nitrogens is 1. The summed E-state index contributed by atoms with van der Waals surface area (Å²) in [5.41, 5.74) is 4.85. The molecule has 0 saturated carbocycles. The molecular formula is C27H28ClN5O2S. The minimum atomic E-state index is -0.304. The quantitative estimate of drug-likeness (QED) is 0.262. The molecule has 1 fully saturated rings.